The second-order valence-corrected chi connectivity index (χ2v) is 20.9. The fourth-order valence-electron chi connectivity index (χ4n) is 8.59. The van der Waals surface area contributed by atoms with Gasteiger partial charge in [-0.1, -0.05) is 12.5 Å². The van der Waals surface area contributed by atoms with Crippen LogP contribution in [-0.4, -0.2) is 134 Å². The number of hydrogen-bond acceptors (Lipinski definition) is 13. The van der Waals surface area contributed by atoms with E-state index in [9.17, 15) is 48.7 Å². The van der Waals surface area contributed by atoms with Gasteiger partial charge in [-0.15, -0.1) is 0 Å². The third kappa shape index (κ3) is 11.4. The number of unbranched alkanes of at least 4 members (excludes halogenated alkanes) is 2. The van der Waals surface area contributed by atoms with Crippen LogP contribution in [0.2, 0.25) is 0 Å². The van der Waals surface area contributed by atoms with Gasteiger partial charge in [-0.3, -0.25) is 32.6 Å². The van der Waals surface area contributed by atoms with E-state index in [4.69, 9.17) is 13.7 Å². The van der Waals surface area contributed by atoms with Gasteiger partial charge in [0.05, 0.1) is 28.1 Å². The molecule has 0 bridgehead atoms. The van der Waals surface area contributed by atoms with E-state index >= 15 is 0 Å². The van der Waals surface area contributed by atoms with Crippen LogP contribution in [0.5, 0.6) is 0 Å². The Kier molecular flexibility index (Phi) is 16.3. The summed E-state index contributed by atoms with van der Waals surface area (Å²) < 4.78 is 112. The Morgan fingerprint density at radius 3 is 2.11 bits per heavy atom. The lowest BCUT2D eigenvalue weighted by Crippen LogP contribution is -2.38. The molecule has 0 spiro atoms. The summed E-state index contributed by atoms with van der Waals surface area (Å²) in [5.41, 5.74) is 2.30. The van der Waals surface area contributed by atoms with E-state index < -0.39 is 58.8 Å². The van der Waals surface area contributed by atoms with Crippen molar-refractivity contribution in [3.05, 3.63) is 83.6 Å². The van der Waals surface area contributed by atoms with E-state index in [0.29, 0.717) is 62.3 Å². The van der Waals surface area contributed by atoms with Crippen molar-refractivity contribution in [3.63, 3.8) is 0 Å². The number of rotatable bonds is 24. The molecule has 350 valence electrons. The van der Waals surface area contributed by atoms with Gasteiger partial charge in [0.2, 0.25) is 11.6 Å². The van der Waals surface area contributed by atoms with Crippen LogP contribution in [-0.2, 0) is 69.2 Å². The summed E-state index contributed by atoms with van der Waals surface area (Å²) in [6.45, 7) is 5.44. The van der Waals surface area contributed by atoms with Crippen LogP contribution in [0.25, 0.3) is 0 Å². The van der Waals surface area contributed by atoms with E-state index in [1.807, 2.05) is 36.7 Å². The number of carbonyl (C=O) groups is 3. The molecule has 5 rings (SSSR count). The van der Waals surface area contributed by atoms with Gasteiger partial charge < -0.3 is 19.7 Å². The number of nitrogens with zero attached hydrogens (tertiary/aromatic N) is 3. The molecule has 2 unspecified atom stereocenters. The maximum absolute atomic E-state index is 13.0. The summed E-state index contributed by atoms with van der Waals surface area (Å²) in [6.07, 6.45) is 10.7. The smallest absolute Gasteiger partial charge is 0.296 e. The first-order valence-corrected chi connectivity index (χ1v) is 25.2. The zero-order valence-corrected chi connectivity index (χ0v) is 39.1. The maximum Gasteiger partial charge on any atom is 0.296 e. The zero-order valence-electron chi connectivity index (χ0n) is 36.6. The number of carbonyl (C=O) groups excluding carboxylic acids is 3. The highest BCUT2D eigenvalue weighted by Crippen LogP contribution is 2.51. The summed E-state index contributed by atoms with van der Waals surface area (Å²) in [5, 5.41) is 2.76. The fraction of sp³-hybridized carbons (Fsp3) is 0.488. The number of amides is 3. The number of fused-ring (bicyclic) bond motifs is 2. The predicted molar refractivity (Wildman–Crippen MR) is 237 cm³/mol. The van der Waals surface area contributed by atoms with Crippen LogP contribution < -0.4 is 10.2 Å². The monoisotopic (exact) mass is 949 g/mol. The van der Waals surface area contributed by atoms with Crippen molar-refractivity contribution in [2.45, 2.75) is 79.4 Å². The molecular formula is C43H57N4O14S3+. The normalized spacial score (nSPS) is 20.6. The Bertz CT molecular complexity index is 2570. The molecule has 21 heteroatoms. The van der Waals surface area contributed by atoms with Gasteiger partial charge in [-0.05, 0) is 87.9 Å². The third-order valence-electron chi connectivity index (χ3n) is 12.0. The number of hydrogen-bond donors (Lipinski definition) is 3. The quantitative estimate of drug-likeness (QED) is 0.0446. The molecule has 3 heterocycles. The zero-order chi connectivity index (χ0) is 47.1. The van der Waals surface area contributed by atoms with E-state index in [-0.39, 0.29) is 54.7 Å². The summed E-state index contributed by atoms with van der Waals surface area (Å²) in [5.74, 6) is -1.59. The van der Waals surface area contributed by atoms with Crippen molar-refractivity contribution in [2.75, 3.05) is 71.4 Å². The van der Waals surface area contributed by atoms with Crippen molar-refractivity contribution in [2.24, 2.45) is 0 Å². The lowest BCUT2D eigenvalue weighted by molar-refractivity contribution is -0.441. The van der Waals surface area contributed by atoms with Gasteiger partial charge >= 0.3 is 0 Å². The largest absolute Gasteiger partial charge is 0.385 e. The number of imide groups is 1. The van der Waals surface area contributed by atoms with E-state index in [1.165, 1.54) is 37.5 Å². The standard InChI is InChI=1S/C43H56N4O14S3/c1-42(20-10-28-62(51,52)53)33-29-31(63(54,55)56)14-16-36(33)46(25-27-60-4)37(42)11-9-12-38-43(2,21-26-59-3)34-30-32(64(57,58)61-5)15-17-35(34)45(38)23-8-6-7-13-39(48)44-22-24-47-40(49)18-19-41(47)50/h9,11-12,14-19,29-30H,6-8,10,13,20-28H2,1-5H3,(H2-,44,48,51,52,53,54,55,56)/p+1. The van der Waals surface area contributed by atoms with Gasteiger partial charge in [-0.2, -0.15) is 29.8 Å². The SMILES string of the molecule is COCC[N+]1=C(C=CC=C2N(CCCCCC(=O)NCCN3C(=O)C=CC3=O)c3ccc(S(=O)(=O)OC)cc3C2(C)CCOC)C(C)(CCCS(=O)(=O)O)c2cc(S(=O)(=O)O)ccc21. The fourth-order valence-corrected chi connectivity index (χ4v) is 10.3. The van der Waals surface area contributed by atoms with E-state index in [1.54, 1.807) is 25.3 Å². The number of methoxy groups -OCH3 is 2. The molecule has 0 saturated carbocycles. The number of allylic oxidation sites excluding steroid dienone is 4. The molecule has 0 fully saturated rings. The lowest BCUT2D eigenvalue weighted by Gasteiger charge is -2.30. The Morgan fingerprint density at radius 1 is 0.797 bits per heavy atom. The molecule has 0 saturated heterocycles. The first-order chi connectivity index (χ1) is 30.1. The molecule has 64 heavy (non-hydrogen) atoms. The molecule has 3 aliphatic rings. The molecule has 0 radical (unpaired) electrons. The van der Waals surface area contributed by atoms with Crippen molar-refractivity contribution < 1.29 is 67.0 Å². The minimum absolute atomic E-state index is 0.0201. The van der Waals surface area contributed by atoms with Gasteiger partial charge in [0.25, 0.3) is 42.2 Å². The summed E-state index contributed by atoms with van der Waals surface area (Å²) in [4.78, 5) is 39.1. The van der Waals surface area contributed by atoms with Crippen LogP contribution in [0.1, 0.15) is 69.9 Å². The number of ether oxygens (including phenoxy) is 2. The average Bonchev–Trinajstić information content (AvgIpc) is 3.77. The molecule has 3 aliphatic heterocycles. The minimum Gasteiger partial charge on any atom is -0.385 e. The molecule has 0 aromatic heterocycles. The molecule has 2 aromatic carbocycles. The van der Waals surface area contributed by atoms with Crippen molar-refractivity contribution in [1.29, 1.82) is 0 Å². The Balaban J connectivity index is 1.50. The van der Waals surface area contributed by atoms with Gasteiger partial charge in [0.15, 0.2) is 12.3 Å². The first kappa shape index (κ1) is 50.4. The molecular weight excluding hydrogens is 893 g/mol. The third-order valence-corrected chi connectivity index (χ3v) is 14.9. The average molecular weight is 950 g/mol. The first-order valence-electron chi connectivity index (χ1n) is 20.7. The summed E-state index contributed by atoms with van der Waals surface area (Å²) in [7, 11) is -8.81. The van der Waals surface area contributed by atoms with Crippen molar-refractivity contribution >= 4 is 65.2 Å². The number of anilines is 1. The molecule has 2 aromatic rings. The highest BCUT2D eigenvalue weighted by atomic mass is 32.2. The Morgan fingerprint density at radius 2 is 1.47 bits per heavy atom. The van der Waals surface area contributed by atoms with E-state index in [0.717, 1.165) is 29.0 Å². The van der Waals surface area contributed by atoms with Crippen LogP contribution in [0.15, 0.2) is 82.3 Å². The highest BCUT2D eigenvalue weighted by Gasteiger charge is 2.48. The molecule has 2 atom stereocenters. The van der Waals surface area contributed by atoms with Crippen molar-refractivity contribution in [3.8, 4) is 0 Å². The van der Waals surface area contributed by atoms with Gasteiger partial charge in [-0.25, -0.2) is 0 Å². The lowest BCUT2D eigenvalue weighted by atomic mass is 9.75. The second-order valence-electron chi connectivity index (χ2n) is 16.2. The van der Waals surface area contributed by atoms with Crippen LogP contribution >= 0.6 is 0 Å². The number of benzene rings is 2. The van der Waals surface area contributed by atoms with Gasteiger partial charge in [0, 0.05) is 93.5 Å². The van der Waals surface area contributed by atoms with Crippen LogP contribution in [0.3, 0.4) is 0 Å². The molecule has 0 aliphatic carbocycles. The summed E-state index contributed by atoms with van der Waals surface area (Å²) >= 11 is 0. The second kappa shape index (κ2) is 20.7. The highest BCUT2D eigenvalue weighted by molar-refractivity contribution is 7.86. The number of nitrogens with one attached hydrogen (secondary N) is 1. The van der Waals surface area contributed by atoms with E-state index in [2.05, 4.69) is 10.2 Å². The molecule has 18 nitrogen and oxygen atoms in total. The Hall–Kier alpha value is -4.61. The predicted octanol–water partition coefficient (Wildman–Crippen LogP) is 3.80. The molecule has 3 amide bonds. The maximum atomic E-state index is 13.0. The minimum atomic E-state index is -4.61. The van der Waals surface area contributed by atoms with Crippen LogP contribution in [0, 0.1) is 0 Å². The van der Waals surface area contributed by atoms with Crippen molar-refractivity contribution in [1.82, 2.24) is 10.2 Å². The Labute approximate surface area is 375 Å². The molecule has 3 N–H and O–H groups in total. The van der Waals surface area contributed by atoms with Crippen LogP contribution in [0.4, 0.5) is 11.4 Å². The van der Waals surface area contributed by atoms with Gasteiger partial charge in [0.1, 0.15) is 6.61 Å². The topological polar surface area (TPSA) is 243 Å². The summed E-state index contributed by atoms with van der Waals surface area (Å²) in [6, 6.07) is 9.09.